The molecule has 4 rings (SSSR count). The Morgan fingerprint density at radius 3 is 2.61 bits per heavy atom. The molecule has 1 aliphatic rings. The number of ether oxygens (including phenoxy) is 2. The largest absolute Gasteiger partial charge is 0.497 e. The van der Waals surface area contributed by atoms with Crippen LogP contribution < -0.4 is 14.8 Å². The van der Waals surface area contributed by atoms with Crippen LogP contribution in [0, 0.1) is 0 Å². The van der Waals surface area contributed by atoms with Crippen LogP contribution in [0.15, 0.2) is 67.0 Å². The lowest BCUT2D eigenvalue weighted by Crippen LogP contribution is -2.55. The van der Waals surface area contributed by atoms with Crippen molar-refractivity contribution >= 4 is 5.91 Å². The normalized spacial score (nSPS) is 16.6. The van der Waals surface area contributed by atoms with Gasteiger partial charge in [0.25, 0.3) is 0 Å². The zero-order chi connectivity index (χ0) is 21.6. The van der Waals surface area contributed by atoms with Crippen LogP contribution in [0.2, 0.25) is 0 Å². The minimum atomic E-state index is -0.232. The first-order valence-corrected chi connectivity index (χ1v) is 10.4. The maximum atomic E-state index is 12.7. The summed E-state index contributed by atoms with van der Waals surface area (Å²) in [6.07, 6.45) is 4.27. The minimum absolute atomic E-state index is 0.0649. The molecule has 0 aliphatic carbocycles. The second-order valence-corrected chi connectivity index (χ2v) is 7.60. The standard InChI is InChI=1S/C25H27N3O3/c1-30-22-10-9-21(24(15-22)31-2)17-28-13-12-27-25(29)23(28)14-18-5-7-19(8-6-18)20-4-3-11-26-16-20/h3-11,15-16,23H,12-14,17H2,1-2H3,(H,27,29). The van der Waals surface area contributed by atoms with Gasteiger partial charge in [-0.15, -0.1) is 0 Å². The molecule has 0 radical (unpaired) electrons. The lowest BCUT2D eigenvalue weighted by Gasteiger charge is -2.35. The highest BCUT2D eigenvalue weighted by Crippen LogP contribution is 2.27. The Kier molecular flexibility index (Phi) is 6.48. The Hall–Kier alpha value is -3.38. The molecule has 1 saturated heterocycles. The second-order valence-electron chi connectivity index (χ2n) is 7.60. The Balaban J connectivity index is 1.51. The van der Waals surface area contributed by atoms with Crippen molar-refractivity contribution in [3.63, 3.8) is 0 Å². The molecule has 2 aromatic carbocycles. The highest BCUT2D eigenvalue weighted by Gasteiger charge is 2.30. The average molecular weight is 418 g/mol. The molecule has 31 heavy (non-hydrogen) atoms. The van der Waals surface area contributed by atoms with E-state index >= 15 is 0 Å². The van der Waals surface area contributed by atoms with E-state index < -0.39 is 0 Å². The first-order chi connectivity index (χ1) is 15.2. The van der Waals surface area contributed by atoms with Gasteiger partial charge in [-0.1, -0.05) is 36.4 Å². The van der Waals surface area contributed by atoms with Gasteiger partial charge in [-0.05, 0) is 35.2 Å². The average Bonchev–Trinajstić information content (AvgIpc) is 2.82. The molecular weight excluding hydrogens is 390 g/mol. The van der Waals surface area contributed by atoms with E-state index in [1.165, 1.54) is 0 Å². The number of rotatable bonds is 7. The van der Waals surface area contributed by atoms with Crippen LogP contribution in [0.5, 0.6) is 11.5 Å². The van der Waals surface area contributed by atoms with Crippen molar-refractivity contribution in [2.24, 2.45) is 0 Å². The fraction of sp³-hybridized carbons (Fsp3) is 0.280. The van der Waals surface area contributed by atoms with Gasteiger partial charge in [0.2, 0.25) is 5.91 Å². The van der Waals surface area contributed by atoms with Crippen LogP contribution in [-0.4, -0.2) is 49.1 Å². The summed E-state index contributed by atoms with van der Waals surface area (Å²) in [5, 5.41) is 3.01. The van der Waals surface area contributed by atoms with E-state index in [0.717, 1.165) is 40.3 Å². The van der Waals surface area contributed by atoms with E-state index in [2.05, 4.69) is 39.5 Å². The molecule has 1 unspecified atom stereocenters. The van der Waals surface area contributed by atoms with Crippen LogP contribution in [0.3, 0.4) is 0 Å². The van der Waals surface area contributed by atoms with Crippen molar-refractivity contribution in [3.8, 4) is 22.6 Å². The number of nitrogens with one attached hydrogen (secondary N) is 1. The van der Waals surface area contributed by atoms with E-state index in [0.29, 0.717) is 19.5 Å². The fourth-order valence-corrected chi connectivity index (χ4v) is 3.96. The van der Waals surface area contributed by atoms with Gasteiger partial charge < -0.3 is 14.8 Å². The van der Waals surface area contributed by atoms with Crippen molar-refractivity contribution in [1.29, 1.82) is 0 Å². The summed E-state index contributed by atoms with van der Waals surface area (Å²) in [5.41, 5.74) is 4.36. The minimum Gasteiger partial charge on any atom is -0.497 e. The van der Waals surface area contributed by atoms with Crippen molar-refractivity contribution < 1.29 is 14.3 Å². The molecule has 0 saturated carbocycles. The van der Waals surface area contributed by atoms with E-state index in [4.69, 9.17) is 9.47 Å². The van der Waals surface area contributed by atoms with Crippen LogP contribution in [0.25, 0.3) is 11.1 Å². The SMILES string of the molecule is COc1ccc(CN2CCNC(=O)C2Cc2ccc(-c3cccnc3)cc2)c(OC)c1. The second kappa shape index (κ2) is 9.62. The lowest BCUT2D eigenvalue weighted by atomic mass is 9.98. The van der Waals surface area contributed by atoms with Crippen LogP contribution >= 0.6 is 0 Å². The topological polar surface area (TPSA) is 63.7 Å². The summed E-state index contributed by atoms with van der Waals surface area (Å²) in [5.74, 6) is 1.59. The Bertz CT molecular complexity index is 1020. The molecule has 6 heteroatoms. The summed E-state index contributed by atoms with van der Waals surface area (Å²) in [7, 11) is 3.29. The maximum absolute atomic E-state index is 12.7. The highest BCUT2D eigenvalue weighted by molar-refractivity contribution is 5.82. The number of carbonyl (C=O) groups excluding carboxylic acids is 1. The molecule has 1 N–H and O–H groups in total. The molecular formula is C25H27N3O3. The lowest BCUT2D eigenvalue weighted by molar-refractivity contribution is -0.129. The fourth-order valence-electron chi connectivity index (χ4n) is 3.96. The third-order valence-electron chi connectivity index (χ3n) is 5.69. The van der Waals surface area contributed by atoms with Crippen molar-refractivity contribution in [3.05, 3.63) is 78.1 Å². The molecule has 3 aromatic rings. The summed E-state index contributed by atoms with van der Waals surface area (Å²) in [4.78, 5) is 19.1. The molecule has 0 bridgehead atoms. The number of nitrogens with zero attached hydrogens (tertiary/aromatic N) is 2. The predicted octanol–water partition coefficient (Wildman–Crippen LogP) is 3.31. The molecule has 0 spiro atoms. The third-order valence-corrected chi connectivity index (χ3v) is 5.69. The van der Waals surface area contributed by atoms with Crippen LogP contribution in [0.4, 0.5) is 0 Å². The van der Waals surface area contributed by atoms with Crippen LogP contribution in [-0.2, 0) is 17.8 Å². The molecule has 1 amide bonds. The highest BCUT2D eigenvalue weighted by atomic mass is 16.5. The molecule has 6 nitrogen and oxygen atoms in total. The van der Waals surface area contributed by atoms with Gasteiger partial charge in [-0.2, -0.15) is 0 Å². The number of piperazine rings is 1. The number of hydrogen-bond donors (Lipinski definition) is 1. The zero-order valence-corrected chi connectivity index (χ0v) is 17.9. The van der Waals surface area contributed by atoms with Gasteiger partial charge >= 0.3 is 0 Å². The van der Waals surface area contributed by atoms with Gasteiger partial charge in [-0.3, -0.25) is 14.7 Å². The molecule has 1 atom stereocenters. The smallest absolute Gasteiger partial charge is 0.237 e. The van der Waals surface area contributed by atoms with Crippen molar-refractivity contribution in [2.45, 2.75) is 19.0 Å². The van der Waals surface area contributed by atoms with Crippen molar-refractivity contribution in [1.82, 2.24) is 15.2 Å². The summed E-state index contributed by atoms with van der Waals surface area (Å²) >= 11 is 0. The summed E-state index contributed by atoms with van der Waals surface area (Å²) in [6.45, 7) is 2.08. The first-order valence-electron chi connectivity index (χ1n) is 10.4. The van der Waals surface area contributed by atoms with Gasteiger partial charge in [0.1, 0.15) is 11.5 Å². The maximum Gasteiger partial charge on any atom is 0.237 e. The Labute approximate surface area is 182 Å². The van der Waals surface area contributed by atoms with Crippen LogP contribution in [0.1, 0.15) is 11.1 Å². The number of amides is 1. The predicted molar refractivity (Wildman–Crippen MR) is 120 cm³/mol. The number of aromatic nitrogens is 1. The molecule has 2 heterocycles. The number of methoxy groups -OCH3 is 2. The molecule has 160 valence electrons. The van der Waals surface area contributed by atoms with E-state index in [1.54, 1.807) is 20.4 Å². The van der Waals surface area contributed by atoms with Crippen molar-refractivity contribution in [2.75, 3.05) is 27.3 Å². The third kappa shape index (κ3) is 4.86. The van der Waals surface area contributed by atoms with Gasteiger partial charge in [0, 0.05) is 43.7 Å². The van der Waals surface area contributed by atoms with Gasteiger partial charge in [0.15, 0.2) is 0 Å². The van der Waals surface area contributed by atoms with Gasteiger partial charge in [-0.25, -0.2) is 0 Å². The van der Waals surface area contributed by atoms with E-state index in [1.807, 2.05) is 36.5 Å². The zero-order valence-electron chi connectivity index (χ0n) is 17.9. The first kappa shape index (κ1) is 20.9. The number of pyridine rings is 1. The Morgan fingerprint density at radius 1 is 1.06 bits per heavy atom. The molecule has 1 aliphatic heterocycles. The van der Waals surface area contributed by atoms with Gasteiger partial charge in [0.05, 0.1) is 20.3 Å². The monoisotopic (exact) mass is 417 g/mol. The van der Waals surface area contributed by atoms with E-state index in [9.17, 15) is 4.79 Å². The quantitative estimate of drug-likeness (QED) is 0.639. The number of hydrogen-bond acceptors (Lipinski definition) is 5. The number of carbonyl (C=O) groups is 1. The van der Waals surface area contributed by atoms with E-state index in [-0.39, 0.29) is 11.9 Å². The summed E-state index contributed by atoms with van der Waals surface area (Å²) in [6, 6.07) is 17.9. The Morgan fingerprint density at radius 2 is 1.90 bits per heavy atom. The number of benzene rings is 2. The summed E-state index contributed by atoms with van der Waals surface area (Å²) < 4.78 is 10.9. The molecule has 1 fully saturated rings. The molecule has 1 aromatic heterocycles.